The molecule has 1 aromatic carbocycles. The molecule has 0 aliphatic heterocycles. The second-order valence-corrected chi connectivity index (χ2v) is 4.92. The van der Waals surface area contributed by atoms with Crippen molar-refractivity contribution in [2.45, 2.75) is 32.1 Å². The van der Waals surface area contributed by atoms with Crippen LogP contribution in [0.25, 0.3) is 10.9 Å². The first-order chi connectivity index (χ1) is 8.16. The molecule has 0 saturated heterocycles. The Hall–Kier alpha value is -1.64. The molecule has 1 heterocycles. The van der Waals surface area contributed by atoms with E-state index in [0.717, 1.165) is 16.5 Å². The number of ketones is 1. The van der Waals surface area contributed by atoms with E-state index in [1.807, 2.05) is 29.9 Å². The van der Waals surface area contributed by atoms with E-state index in [4.69, 9.17) is 0 Å². The number of carbonyl (C=O) groups excluding carboxylic acids is 1. The molecule has 1 aliphatic carbocycles. The number of rotatable bonds is 2. The zero-order chi connectivity index (χ0) is 12.0. The highest BCUT2D eigenvalue weighted by atomic mass is 16.1. The maximum Gasteiger partial charge on any atom is 0.159 e. The third kappa shape index (κ3) is 1.57. The van der Waals surface area contributed by atoms with E-state index < -0.39 is 0 Å². The second kappa shape index (κ2) is 3.69. The van der Waals surface area contributed by atoms with Crippen LogP contribution < -0.4 is 0 Å². The highest BCUT2D eigenvalue weighted by molar-refractivity contribution is 5.98. The first-order valence-corrected chi connectivity index (χ1v) is 6.14. The molecule has 0 bridgehead atoms. The summed E-state index contributed by atoms with van der Waals surface area (Å²) in [5, 5.41) is 5.68. The lowest BCUT2D eigenvalue weighted by Crippen LogP contribution is -2.13. The largest absolute Gasteiger partial charge is 0.295 e. The molecule has 1 saturated carbocycles. The second-order valence-electron chi connectivity index (χ2n) is 4.92. The third-order valence-corrected chi connectivity index (χ3v) is 3.78. The molecule has 3 heteroatoms. The van der Waals surface area contributed by atoms with Gasteiger partial charge in [-0.2, -0.15) is 5.10 Å². The van der Waals surface area contributed by atoms with Gasteiger partial charge in [0.2, 0.25) is 0 Å². The first kappa shape index (κ1) is 10.5. The number of aryl methyl sites for hydroxylation is 1. The summed E-state index contributed by atoms with van der Waals surface area (Å²) < 4.78 is 1.98. The van der Waals surface area contributed by atoms with Gasteiger partial charge in [-0.05, 0) is 38.0 Å². The smallest absolute Gasteiger partial charge is 0.159 e. The maximum atomic E-state index is 11.4. The van der Waals surface area contributed by atoms with Gasteiger partial charge in [-0.15, -0.1) is 0 Å². The molecule has 0 radical (unpaired) electrons. The fourth-order valence-corrected chi connectivity index (χ4v) is 2.60. The van der Waals surface area contributed by atoms with Crippen LogP contribution in [0.4, 0.5) is 0 Å². The minimum Gasteiger partial charge on any atom is -0.295 e. The number of benzene rings is 1. The predicted molar refractivity (Wildman–Crippen MR) is 67.3 cm³/mol. The SMILES string of the molecule is CC(=O)c1ccc2nn(C)c(C3CCC3)c2c1. The van der Waals surface area contributed by atoms with Gasteiger partial charge in [-0.1, -0.05) is 6.42 Å². The Morgan fingerprint density at radius 1 is 1.41 bits per heavy atom. The molecule has 3 rings (SSSR count). The Morgan fingerprint density at radius 3 is 2.76 bits per heavy atom. The van der Waals surface area contributed by atoms with Crippen LogP contribution in [0.5, 0.6) is 0 Å². The van der Waals surface area contributed by atoms with E-state index in [1.54, 1.807) is 6.92 Å². The molecular formula is C14H16N2O. The van der Waals surface area contributed by atoms with Gasteiger partial charge in [0.05, 0.1) is 5.52 Å². The molecule has 0 unspecified atom stereocenters. The quantitative estimate of drug-likeness (QED) is 0.740. The number of fused-ring (bicyclic) bond motifs is 1. The summed E-state index contributed by atoms with van der Waals surface area (Å²) >= 11 is 0. The summed E-state index contributed by atoms with van der Waals surface area (Å²) in [5.74, 6) is 0.752. The lowest BCUT2D eigenvalue weighted by Gasteiger charge is -2.25. The maximum absolute atomic E-state index is 11.4. The molecule has 0 amide bonds. The minimum absolute atomic E-state index is 0.121. The lowest BCUT2D eigenvalue weighted by molar-refractivity contribution is 0.101. The third-order valence-electron chi connectivity index (χ3n) is 3.78. The standard InChI is InChI=1S/C14H16N2O/c1-9(17)11-6-7-13-12(8-11)14(16(2)15-13)10-4-3-5-10/h6-8,10H,3-5H2,1-2H3. The van der Waals surface area contributed by atoms with Gasteiger partial charge >= 0.3 is 0 Å². The Morgan fingerprint density at radius 2 is 2.18 bits per heavy atom. The molecule has 2 aromatic rings. The van der Waals surface area contributed by atoms with E-state index >= 15 is 0 Å². The van der Waals surface area contributed by atoms with Crippen molar-refractivity contribution in [3.63, 3.8) is 0 Å². The van der Waals surface area contributed by atoms with Crippen LogP contribution in [0.2, 0.25) is 0 Å². The fraction of sp³-hybridized carbons (Fsp3) is 0.429. The summed E-state index contributed by atoms with van der Waals surface area (Å²) in [4.78, 5) is 11.4. The number of nitrogens with zero attached hydrogens (tertiary/aromatic N) is 2. The molecule has 1 aromatic heterocycles. The molecular weight excluding hydrogens is 212 g/mol. The van der Waals surface area contributed by atoms with Crippen LogP contribution in [-0.4, -0.2) is 15.6 Å². The average Bonchev–Trinajstić information content (AvgIpc) is 2.53. The lowest BCUT2D eigenvalue weighted by atomic mass is 9.81. The Labute approximate surface area is 100 Å². The van der Waals surface area contributed by atoms with Gasteiger partial charge in [0.25, 0.3) is 0 Å². The molecule has 0 spiro atoms. The number of Topliss-reactive ketones (excluding diaryl/α,β-unsaturated/α-hetero) is 1. The van der Waals surface area contributed by atoms with Crippen molar-refractivity contribution in [2.75, 3.05) is 0 Å². The van der Waals surface area contributed by atoms with E-state index in [2.05, 4.69) is 5.10 Å². The van der Waals surface area contributed by atoms with Gasteiger partial charge in [0, 0.05) is 29.6 Å². The van der Waals surface area contributed by atoms with Crippen molar-refractivity contribution in [3.05, 3.63) is 29.5 Å². The Bertz CT molecular complexity index is 594. The highest BCUT2D eigenvalue weighted by Gasteiger charge is 2.25. The van der Waals surface area contributed by atoms with E-state index in [9.17, 15) is 4.79 Å². The summed E-state index contributed by atoms with van der Waals surface area (Å²) in [6.07, 6.45) is 3.81. The van der Waals surface area contributed by atoms with Crippen LogP contribution in [-0.2, 0) is 7.05 Å². The van der Waals surface area contributed by atoms with Crippen molar-refractivity contribution in [3.8, 4) is 0 Å². The van der Waals surface area contributed by atoms with Crippen LogP contribution in [0.3, 0.4) is 0 Å². The Kier molecular flexibility index (Phi) is 2.28. The molecule has 17 heavy (non-hydrogen) atoms. The molecule has 3 nitrogen and oxygen atoms in total. The van der Waals surface area contributed by atoms with Gasteiger partial charge in [-0.3, -0.25) is 9.48 Å². The number of hydrogen-bond acceptors (Lipinski definition) is 2. The summed E-state index contributed by atoms with van der Waals surface area (Å²) in [7, 11) is 2.00. The van der Waals surface area contributed by atoms with Crippen molar-refractivity contribution >= 4 is 16.7 Å². The topological polar surface area (TPSA) is 34.9 Å². The summed E-state index contributed by atoms with van der Waals surface area (Å²) in [5.41, 5.74) is 3.08. The monoisotopic (exact) mass is 228 g/mol. The molecule has 0 N–H and O–H groups in total. The van der Waals surface area contributed by atoms with Crippen LogP contribution >= 0.6 is 0 Å². The van der Waals surface area contributed by atoms with Crippen molar-refractivity contribution in [1.29, 1.82) is 0 Å². The van der Waals surface area contributed by atoms with Crippen molar-refractivity contribution in [1.82, 2.24) is 9.78 Å². The van der Waals surface area contributed by atoms with Crippen LogP contribution in [0.15, 0.2) is 18.2 Å². The van der Waals surface area contributed by atoms with Gasteiger partial charge < -0.3 is 0 Å². The van der Waals surface area contributed by atoms with E-state index in [-0.39, 0.29) is 5.78 Å². The molecule has 0 atom stereocenters. The van der Waals surface area contributed by atoms with Crippen molar-refractivity contribution < 1.29 is 4.79 Å². The average molecular weight is 228 g/mol. The van der Waals surface area contributed by atoms with Crippen LogP contribution in [0.1, 0.15) is 48.2 Å². The molecule has 1 aliphatic rings. The zero-order valence-corrected chi connectivity index (χ0v) is 10.2. The van der Waals surface area contributed by atoms with Gasteiger partial charge in [0.15, 0.2) is 5.78 Å². The zero-order valence-electron chi connectivity index (χ0n) is 10.2. The highest BCUT2D eigenvalue weighted by Crippen LogP contribution is 2.39. The number of aromatic nitrogens is 2. The molecule has 1 fully saturated rings. The van der Waals surface area contributed by atoms with Gasteiger partial charge in [-0.25, -0.2) is 0 Å². The summed E-state index contributed by atoms with van der Waals surface area (Å²) in [6, 6.07) is 5.81. The van der Waals surface area contributed by atoms with Crippen molar-refractivity contribution in [2.24, 2.45) is 7.05 Å². The number of hydrogen-bond donors (Lipinski definition) is 0. The number of carbonyl (C=O) groups is 1. The fourth-order valence-electron chi connectivity index (χ4n) is 2.60. The normalized spacial score (nSPS) is 16.1. The predicted octanol–water partition coefficient (Wildman–Crippen LogP) is 3.04. The summed E-state index contributed by atoms with van der Waals surface area (Å²) in [6.45, 7) is 1.61. The van der Waals surface area contributed by atoms with Crippen LogP contribution in [0, 0.1) is 0 Å². The van der Waals surface area contributed by atoms with E-state index in [1.165, 1.54) is 25.0 Å². The molecule has 88 valence electrons. The van der Waals surface area contributed by atoms with E-state index in [0.29, 0.717) is 5.92 Å². The minimum atomic E-state index is 0.121. The van der Waals surface area contributed by atoms with Gasteiger partial charge in [0.1, 0.15) is 0 Å². The first-order valence-electron chi connectivity index (χ1n) is 6.14. The Balaban J connectivity index is 2.21.